The van der Waals surface area contributed by atoms with E-state index in [0.29, 0.717) is 38.3 Å². The smallest absolute Gasteiger partial charge is 0.257 e. The maximum atomic E-state index is 12.7. The summed E-state index contributed by atoms with van der Waals surface area (Å²) < 4.78 is 5.72. The number of carbonyl (C=O) groups is 2. The lowest BCUT2D eigenvalue weighted by Crippen LogP contribution is -2.59. The molecule has 2 heterocycles. The zero-order valence-electron chi connectivity index (χ0n) is 17.5. The van der Waals surface area contributed by atoms with Gasteiger partial charge in [-0.2, -0.15) is 5.10 Å². The molecule has 0 unspecified atom stereocenters. The van der Waals surface area contributed by atoms with Gasteiger partial charge in [0.05, 0.1) is 18.3 Å². The van der Waals surface area contributed by atoms with Crippen LogP contribution in [-0.4, -0.2) is 77.7 Å². The number of nitrogens with zero attached hydrogens (tertiary/aromatic N) is 3. The summed E-state index contributed by atoms with van der Waals surface area (Å²) in [7, 11) is 1.90. The first-order chi connectivity index (χ1) is 13.9. The second kappa shape index (κ2) is 9.09. The van der Waals surface area contributed by atoms with Crippen molar-refractivity contribution < 1.29 is 14.3 Å². The number of H-pyrrole nitrogens is 1. The number of aromatic amines is 1. The molecule has 29 heavy (non-hydrogen) atoms. The minimum Gasteiger partial charge on any atom is -0.492 e. The van der Waals surface area contributed by atoms with Gasteiger partial charge in [0.25, 0.3) is 5.91 Å². The first kappa shape index (κ1) is 20.9. The number of aromatic nitrogens is 2. The predicted molar refractivity (Wildman–Crippen MR) is 110 cm³/mol. The Hall–Kier alpha value is -2.87. The molecule has 8 heteroatoms. The topological polar surface area (TPSA) is 90.6 Å². The van der Waals surface area contributed by atoms with Crippen molar-refractivity contribution in [1.29, 1.82) is 0 Å². The zero-order chi connectivity index (χ0) is 21.0. The van der Waals surface area contributed by atoms with Gasteiger partial charge in [-0.1, -0.05) is 6.07 Å². The van der Waals surface area contributed by atoms with Crippen molar-refractivity contribution in [3.8, 4) is 5.75 Å². The van der Waals surface area contributed by atoms with E-state index in [-0.39, 0.29) is 17.9 Å². The summed E-state index contributed by atoms with van der Waals surface area (Å²) in [6.07, 6.45) is 1.54. The molecule has 8 nitrogen and oxygen atoms in total. The fourth-order valence-electron chi connectivity index (χ4n) is 3.34. The van der Waals surface area contributed by atoms with Gasteiger partial charge < -0.3 is 15.0 Å². The van der Waals surface area contributed by atoms with Crippen molar-refractivity contribution in [3.05, 3.63) is 46.8 Å². The number of amides is 2. The van der Waals surface area contributed by atoms with E-state index in [4.69, 9.17) is 4.74 Å². The molecular weight excluding hydrogens is 370 g/mol. The molecular formula is C21H29N5O3. The largest absolute Gasteiger partial charge is 0.492 e. The summed E-state index contributed by atoms with van der Waals surface area (Å²) in [6, 6.07) is 5.56. The number of ether oxygens (including phenoxy) is 1. The number of likely N-dealkylation sites (N-methyl/N-ethyl adjacent to an activating group) is 1. The molecule has 0 saturated carbocycles. The maximum Gasteiger partial charge on any atom is 0.257 e. The summed E-state index contributed by atoms with van der Waals surface area (Å²) >= 11 is 0. The Bertz CT molecular complexity index is 879. The number of aryl methyl sites for hydroxylation is 3. The monoisotopic (exact) mass is 399 g/mol. The zero-order valence-corrected chi connectivity index (χ0v) is 17.5. The second-order valence-electron chi connectivity index (χ2n) is 7.54. The van der Waals surface area contributed by atoms with Gasteiger partial charge >= 0.3 is 0 Å². The van der Waals surface area contributed by atoms with Crippen LogP contribution in [0.1, 0.15) is 27.2 Å². The number of piperazine rings is 1. The second-order valence-corrected chi connectivity index (χ2v) is 7.54. The molecule has 2 N–H and O–H groups in total. The fourth-order valence-corrected chi connectivity index (χ4v) is 3.34. The molecule has 0 spiro atoms. The summed E-state index contributed by atoms with van der Waals surface area (Å²) in [4.78, 5) is 29.1. The number of hydrogen-bond acceptors (Lipinski definition) is 5. The van der Waals surface area contributed by atoms with Crippen LogP contribution in [0, 0.1) is 20.8 Å². The normalized spacial score (nSPS) is 17.2. The number of nitrogens with one attached hydrogen (secondary N) is 2. The molecule has 2 aromatic rings. The van der Waals surface area contributed by atoms with Crippen molar-refractivity contribution in [2.75, 3.05) is 39.8 Å². The van der Waals surface area contributed by atoms with Gasteiger partial charge in [0.15, 0.2) is 0 Å². The molecule has 3 rings (SSSR count). The molecule has 1 fully saturated rings. The SMILES string of the molecule is Cc1ccc(OCCNC(=O)[C@H]2CN(C(=O)c3cn[nH]c3C)CCN2C)cc1C. The Labute approximate surface area is 171 Å². The lowest BCUT2D eigenvalue weighted by molar-refractivity contribution is -0.127. The number of benzene rings is 1. The molecule has 156 valence electrons. The van der Waals surface area contributed by atoms with Gasteiger partial charge in [-0.15, -0.1) is 0 Å². The number of rotatable bonds is 6. The van der Waals surface area contributed by atoms with Crippen LogP contribution in [0.4, 0.5) is 0 Å². The van der Waals surface area contributed by atoms with Crippen LogP contribution < -0.4 is 10.1 Å². The Morgan fingerprint density at radius 1 is 1.24 bits per heavy atom. The van der Waals surface area contributed by atoms with Gasteiger partial charge in [0.1, 0.15) is 18.4 Å². The minimum absolute atomic E-state index is 0.0970. The highest BCUT2D eigenvalue weighted by molar-refractivity contribution is 5.95. The highest BCUT2D eigenvalue weighted by Gasteiger charge is 2.33. The van der Waals surface area contributed by atoms with E-state index in [9.17, 15) is 9.59 Å². The molecule has 0 aliphatic carbocycles. The Kier molecular flexibility index (Phi) is 6.53. The van der Waals surface area contributed by atoms with Crippen LogP contribution in [0.15, 0.2) is 24.4 Å². The fraction of sp³-hybridized carbons (Fsp3) is 0.476. The minimum atomic E-state index is -0.387. The average molecular weight is 399 g/mol. The third-order valence-corrected chi connectivity index (χ3v) is 5.45. The van der Waals surface area contributed by atoms with E-state index in [1.165, 1.54) is 17.3 Å². The summed E-state index contributed by atoms with van der Waals surface area (Å²) in [5.74, 6) is 0.599. The maximum absolute atomic E-state index is 12.7. The third kappa shape index (κ3) is 4.95. The Morgan fingerprint density at radius 2 is 2.03 bits per heavy atom. The average Bonchev–Trinajstić information content (AvgIpc) is 3.13. The first-order valence-electron chi connectivity index (χ1n) is 9.84. The lowest BCUT2D eigenvalue weighted by Gasteiger charge is -2.38. The molecule has 1 aliphatic heterocycles. The molecule has 1 aromatic carbocycles. The number of carbonyl (C=O) groups excluding carboxylic acids is 2. The summed E-state index contributed by atoms with van der Waals surface area (Å²) in [6.45, 7) is 8.29. The summed E-state index contributed by atoms with van der Waals surface area (Å²) in [5.41, 5.74) is 3.68. The van der Waals surface area contributed by atoms with Crippen molar-refractivity contribution in [2.45, 2.75) is 26.8 Å². The number of hydrogen-bond donors (Lipinski definition) is 2. The molecule has 0 radical (unpaired) electrons. The van der Waals surface area contributed by atoms with Gasteiger partial charge in [0, 0.05) is 25.3 Å². The molecule has 1 aliphatic rings. The van der Waals surface area contributed by atoms with Crippen molar-refractivity contribution in [2.24, 2.45) is 0 Å². The highest BCUT2D eigenvalue weighted by Crippen LogP contribution is 2.16. The van der Waals surface area contributed by atoms with Gasteiger partial charge in [0.2, 0.25) is 5.91 Å². The molecule has 1 atom stereocenters. The van der Waals surface area contributed by atoms with Crippen molar-refractivity contribution >= 4 is 11.8 Å². The Morgan fingerprint density at radius 3 is 2.72 bits per heavy atom. The molecule has 2 amide bonds. The molecule has 0 bridgehead atoms. The Balaban J connectivity index is 1.50. The predicted octanol–water partition coefficient (Wildman–Crippen LogP) is 1.29. The van der Waals surface area contributed by atoms with Crippen molar-refractivity contribution in [1.82, 2.24) is 25.3 Å². The molecule has 1 saturated heterocycles. The van der Waals surface area contributed by atoms with Gasteiger partial charge in [-0.3, -0.25) is 19.6 Å². The van der Waals surface area contributed by atoms with Gasteiger partial charge in [-0.25, -0.2) is 0 Å². The van der Waals surface area contributed by atoms with Gasteiger partial charge in [-0.05, 0) is 51.1 Å². The standard InChI is InChI=1S/C21H29N5O3/c1-14-5-6-17(11-15(14)2)29-10-7-22-20(27)19-13-26(9-8-25(19)4)21(28)18-12-23-24-16(18)3/h5-6,11-12,19H,7-10,13H2,1-4H3,(H,22,27)(H,23,24)/t19-/m1/s1. The first-order valence-corrected chi connectivity index (χ1v) is 9.84. The van der Waals surface area contributed by atoms with Crippen LogP contribution >= 0.6 is 0 Å². The van der Waals surface area contributed by atoms with Crippen LogP contribution in [-0.2, 0) is 4.79 Å². The van der Waals surface area contributed by atoms with E-state index in [1.54, 1.807) is 4.90 Å². The molecule has 1 aromatic heterocycles. The van der Waals surface area contributed by atoms with Crippen LogP contribution in [0.25, 0.3) is 0 Å². The van der Waals surface area contributed by atoms with E-state index < -0.39 is 0 Å². The van der Waals surface area contributed by atoms with Crippen LogP contribution in [0.5, 0.6) is 5.75 Å². The third-order valence-electron chi connectivity index (χ3n) is 5.45. The van der Waals surface area contributed by atoms with E-state index in [1.807, 2.05) is 44.0 Å². The lowest BCUT2D eigenvalue weighted by atomic mass is 10.1. The highest BCUT2D eigenvalue weighted by atomic mass is 16.5. The van der Waals surface area contributed by atoms with E-state index in [0.717, 1.165) is 11.4 Å². The van der Waals surface area contributed by atoms with E-state index in [2.05, 4.69) is 22.4 Å². The quantitative estimate of drug-likeness (QED) is 0.715. The van der Waals surface area contributed by atoms with Crippen LogP contribution in [0.2, 0.25) is 0 Å². The summed E-state index contributed by atoms with van der Waals surface area (Å²) in [5, 5.41) is 9.62. The van der Waals surface area contributed by atoms with E-state index >= 15 is 0 Å². The van der Waals surface area contributed by atoms with Crippen LogP contribution in [0.3, 0.4) is 0 Å². The van der Waals surface area contributed by atoms with Crippen molar-refractivity contribution in [3.63, 3.8) is 0 Å².